The number of aromatic nitrogens is 3. The van der Waals surface area contributed by atoms with E-state index in [-0.39, 0.29) is 0 Å². The van der Waals surface area contributed by atoms with Crippen molar-refractivity contribution in [2.45, 2.75) is 12.5 Å². The lowest BCUT2D eigenvalue weighted by atomic mass is 10.0. The van der Waals surface area contributed by atoms with Crippen LogP contribution in [0.3, 0.4) is 0 Å². The van der Waals surface area contributed by atoms with Crippen LogP contribution in [0.2, 0.25) is 0 Å². The molecule has 4 aromatic rings. The van der Waals surface area contributed by atoms with Gasteiger partial charge in [0.05, 0.1) is 12.4 Å². The molecule has 2 aromatic carbocycles. The normalized spacial score (nSPS) is 17.8. The minimum Gasteiger partial charge on any atom is -0.315 e. The minimum absolute atomic E-state index is 0.453. The quantitative estimate of drug-likeness (QED) is 0.612. The highest BCUT2D eigenvalue weighted by Gasteiger charge is 2.20. The first kappa shape index (κ1) is 13.7. The van der Waals surface area contributed by atoms with Gasteiger partial charge < -0.3 is 9.88 Å². The molecule has 1 aliphatic heterocycles. The Labute approximate surface area is 140 Å². The van der Waals surface area contributed by atoms with Crippen LogP contribution in [-0.2, 0) is 0 Å². The van der Waals surface area contributed by atoms with Crippen LogP contribution in [0.1, 0.15) is 12.5 Å². The van der Waals surface area contributed by atoms with E-state index in [1.54, 1.807) is 0 Å². The van der Waals surface area contributed by atoms with Crippen LogP contribution in [-0.4, -0.2) is 27.6 Å². The van der Waals surface area contributed by atoms with Crippen molar-refractivity contribution in [1.82, 2.24) is 19.9 Å². The van der Waals surface area contributed by atoms with Gasteiger partial charge in [0, 0.05) is 18.3 Å². The number of benzene rings is 2. The maximum atomic E-state index is 4.69. The van der Waals surface area contributed by atoms with Crippen molar-refractivity contribution in [1.29, 1.82) is 0 Å². The molecule has 1 unspecified atom stereocenters. The van der Waals surface area contributed by atoms with Gasteiger partial charge in [-0.3, -0.25) is 0 Å². The number of imidazole rings is 1. The molecular formula is C20H18N4. The van der Waals surface area contributed by atoms with E-state index >= 15 is 0 Å². The summed E-state index contributed by atoms with van der Waals surface area (Å²) in [5, 5.41) is 5.92. The molecule has 0 saturated carbocycles. The first-order valence-corrected chi connectivity index (χ1v) is 8.41. The van der Waals surface area contributed by atoms with Crippen LogP contribution < -0.4 is 5.32 Å². The van der Waals surface area contributed by atoms with Gasteiger partial charge in [-0.15, -0.1) is 0 Å². The van der Waals surface area contributed by atoms with E-state index in [0.717, 1.165) is 36.2 Å². The Kier molecular flexibility index (Phi) is 3.10. The first-order valence-electron chi connectivity index (χ1n) is 8.41. The summed E-state index contributed by atoms with van der Waals surface area (Å²) in [5.74, 6) is 0. The summed E-state index contributed by atoms with van der Waals surface area (Å²) in [6.07, 6.45) is 4.97. The SMILES string of the molecule is c1ccc2cc(-c3ccnc4c3ncn4C3CCNC3)ccc2c1. The number of hydrogen-bond donors (Lipinski definition) is 1. The third-order valence-electron chi connectivity index (χ3n) is 4.95. The summed E-state index contributed by atoms with van der Waals surface area (Å²) in [6.45, 7) is 2.06. The van der Waals surface area contributed by atoms with E-state index < -0.39 is 0 Å². The van der Waals surface area contributed by atoms with E-state index in [1.165, 1.54) is 16.3 Å². The molecule has 0 radical (unpaired) electrons. The molecule has 1 saturated heterocycles. The summed E-state index contributed by atoms with van der Waals surface area (Å²) in [5.41, 5.74) is 4.31. The lowest BCUT2D eigenvalue weighted by Crippen LogP contribution is -2.12. The van der Waals surface area contributed by atoms with E-state index in [4.69, 9.17) is 4.98 Å². The summed E-state index contributed by atoms with van der Waals surface area (Å²) >= 11 is 0. The molecular weight excluding hydrogens is 296 g/mol. The highest BCUT2D eigenvalue weighted by atomic mass is 15.2. The Balaban J connectivity index is 1.68. The molecule has 4 nitrogen and oxygen atoms in total. The van der Waals surface area contributed by atoms with Crippen LogP contribution in [0.25, 0.3) is 33.1 Å². The molecule has 1 aliphatic rings. The van der Waals surface area contributed by atoms with E-state index in [9.17, 15) is 0 Å². The molecule has 0 spiro atoms. The van der Waals surface area contributed by atoms with Gasteiger partial charge in [0.25, 0.3) is 0 Å². The predicted octanol–water partition coefficient (Wildman–Crippen LogP) is 3.79. The molecule has 1 N–H and O–H groups in total. The van der Waals surface area contributed by atoms with Crippen molar-refractivity contribution in [3.05, 3.63) is 61.1 Å². The fraction of sp³-hybridized carbons (Fsp3) is 0.200. The van der Waals surface area contributed by atoms with E-state index in [0.29, 0.717) is 6.04 Å². The summed E-state index contributed by atoms with van der Waals surface area (Å²) < 4.78 is 2.22. The highest BCUT2D eigenvalue weighted by Crippen LogP contribution is 2.30. The first-order chi connectivity index (χ1) is 11.9. The standard InChI is InChI=1S/C20H18N4/c1-2-4-15-11-16(6-5-14(15)3-1)18-8-10-22-20-19(18)23-13-24(20)17-7-9-21-12-17/h1-6,8,10-11,13,17,21H,7,9,12H2. The lowest BCUT2D eigenvalue weighted by molar-refractivity contribution is 0.558. The Bertz CT molecular complexity index is 1030. The van der Waals surface area contributed by atoms with E-state index in [2.05, 4.69) is 63.4 Å². The molecule has 2 aromatic heterocycles. The topological polar surface area (TPSA) is 42.7 Å². The third kappa shape index (κ3) is 2.11. The van der Waals surface area contributed by atoms with E-state index in [1.807, 2.05) is 12.5 Å². The van der Waals surface area contributed by atoms with Gasteiger partial charge in [-0.2, -0.15) is 0 Å². The van der Waals surface area contributed by atoms with Crippen LogP contribution in [0, 0.1) is 0 Å². The van der Waals surface area contributed by atoms with Crippen molar-refractivity contribution < 1.29 is 0 Å². The lowest BCUT2D eigenvalue weighted by Gasteiger charge is -2.11. The van der Waals surface area contributed by atoms with Gasteiger partial charge in [0.15, 0.2) is 5.65 Å². The minimum atomic E-state index is 0.453. The summed E-state index contributed by atoms with van der Waals surface area (Å²) in [7, 11) is 0. The van der Waals surface area contributed by atoms with Crippen molar-refractivity contribution >= 4 is 21.9 Å². The van der Waals surface area contributed by atoms with Gasteiger partial charge in [-0.1, -0.05) is 36.4 Å². The second-order valence-electron chi connectivity index (χ2n) is 6.39. The van der Waals surface area contributed by atoms with Gasteiger partial charge in [0.1, 0.15) is 5.52 Å². The number of fused-ring (bicyclic) bond motifs is 2. The number of hydrogen-bond acceptors (Lipinski definition) is 3. The smallest absolute Gasteiger partial charge is 0.160 e. The second kappa shape index (κ2) is 5.42. The fourth-order valence-corrected chi connectivity index (χ4v) is 3.67. The summed E-state index contributed by atoms with van der Waals surface area (Å²) in [6, 6.07) is 17.6. The number of rotatable bonds is 2. The Morgan fingerprint density at radius 2 is 1.92 bits per heavy atom. The van der Waals surface area contributed by atoms with Crippen molar-refractivity contribution in [2.24, 2.45) is 0 Å². The van der Waals surface area contributed by atoms with Gasteiger partial charge >= 0.3 is 0 Å². The monoisotopic (exact) mass is 314 g/mol. The molecule has 3 heterocycles. The Morgan fingerprint density at radius 1 is 1.00 bits per heavy atom. The van der Waals surface area contributed by atoms with Gasteiger partial charge in [-0.05, 0) is 41.4 Å². The Hall–Kier alpha value is -2.72. The number of nitrogens with zero attached hydrogens (tertiary/aromatic N) is 3. The average molecular weight is 314 g/mol. The van der Waals surface area contributed by atoms with Gasteiger partial charge in [-0.25, -0.2) is 9.97 Å². The highest BCUT2D eigenvalue weighted by molar-refractivity contribution is 5.94. The Morgan fingerprint density at radius 3 is 2.79 bits per heavy atom. The largest absolute Gasteiger partial charge is 0.315 e. The van der Waals surface area contributed by atoms with Crippen LogP contribution >= 0.6 is 0 Å². The van der Waals surface area contributed by atoms with Crippen molar-refractivity contribution in [3.63, 3.8) is 0 Å². The summed E-state index contributed by atoms with van der Waals surface area (Å²) in [4.78, 5) is 9.30. The molecule has 5 rings (SSSR count). The molecule has 118 valence electrons. The molecule has 0 bridgehead atoms. The molecule has 24 heavy (non-hydrogen) atoms. The maximum absolute atomic E-state index is 4.69. The molecule has 0 amide bonds. The average Bonchev–Trinajstić information content (AvgIpc) is 3.30. The number of pyridine rings is 1. The predicted molar refractivity (Wildman–Crippen MR) is 97.0 cm³/mol. The van der Waals surface area contributed by atoms with Crippen molar-refractivity contribution in [3.8, 4) is 11.1 Å². The molecule has 0 aliphatic carbocycles. The zero-order valence-corrected chi connectivity index (χ0v) is 13.3. The van der Waals surface area contributed by atoms with Crippen LogP contribution in [0.4, 0.5) is 0 Å². The maximum Gasteiger partial charge on any atom is 0.160 e. The zero-order chi connectivity index (χ0) is 15.9. The molecule has 1 fully saturated rings. The molecule has 4 heteroatoms. The second-order valence-corrected chi connectivity index (χ2v) is 6.39. The molecule has 1 atom stereocenters. The fourth-order valence-electron chi connectivity index (χ4n) is 3.67. The van der Waals surface area contributed by atoms with Gasteiger partial charge in [0.2, 0.25) is 0 Å². The zero-order valence-electron chi connectivity index (χ0n) is 13.3. The number of nitrogens with one attached hydrogen (secondary N) is 1. The van der Waals surface area contributed by atoms with Crippen LogP contribution in [0.5, 0.6) is 0 Å². The van der Waals surface area contributed by atoms with Crippen LogP contribution in [0.15, 0.2) is 61.1 Å². The third-order valence-corrected chi connectivity index (χ3v) is 4.95. The van der Waals surface area contributed by atoms with Crippen molar-refractivity contribution in [2.75, 3.05) is 13.1 Å².